The van der Waals surface area contributed by atoms with E-state index in [4.69, 9.17) is 4.74 Å². The van der Waals surface area contributed by atoms with Crippen molar-refractivity contribution >= 4 is 21.6 Å². The highest BCUT2D eigenvalue weighted by molar-refractivity contribution is 7.92. The van der Waals surface area contributed by atoms with Crippen molar-refractivity contribution in [3.8, 4) is 5.75 Å². The van der Waals surface area contributed by atoms with Crippen molar-refractivity contribution in [3.05, 3.63) is 59.2 Å². The molecule has 0 saturated heterocycles. The van der Waals surface area contributed by atoms with Crippen molar-refractivity contribution in [2.75, 3.05) is 30.3 Å². The summed E-state index contributed by atoms with van der Waals surface area (Å²) < 4.78 is 31.3. The van der Waals surface area contributed by atoms with Gasteiger partial charge in [-0.1, -0.05) is 37.6 Å². The third-order valence-electron chi connectivity index (χ3n) is 4.69. The van der Waals surface area contributed by atoms with Crippen LogP contribution in [0.4, 0.5) is 5.69 Å². The second kappa shape index (κ2) is 10.3. The first-order valence-electron chi connectivity index (χ1n) is 9.74. The molecular weight excluding hydrogens is 388 g/mol. The zero-order valence-electron chi connectivity index (χ0n) is 17.6. The van der Waals surface area contributed by atoms with E-state index in [1.165, 1.54) is 5.56 Å². The van der Waals surface area contributed by atoms with E-state index < -0.39 is 10.0 Å². The van der Waals surface area contributed by atoms with E-state index in [1.54, 1.807) is 12.1 Å². The Kier molecular flexibility index (Phi) is 8.08. The molecule has 158 valence electrons. The molecule has 1 N–H and O–H groups in total. The Bertz CT molecular complexity index is 924. The summed E-state index contributed by atoms with van der Waals surface area (Å²) in [6.07, 6.45) is 3.24. The summed E-state index contributed by atoms with van der Waals surface area (Å²) in [6, 6.07) is 13.3. The van der Waals surface area contributed by atoms with Gasteiger partial charge in [0.15, 0.2) is 0 Å². The lowest BCUT2D eigenvalue weighted by molar-refractivity contribution is -0.119. The van der Waals surface area contributed by atoms with Gasteiger partial charge in [-0.3, -0.25) is 9.10 Å². The van der Waals surface area contributed by atoms with Crippen LogP contribution < -0.4 is 14.4 Å². The maximum atomic E-state index is 12.3. The van der Waals surface area contributed by atoms with E-state index >= 15 is 0 Å². The summed E-state index contributed by atoms with van der Waals surface area (Å²) in [5, 5.41) is 2.72. The fourth-order valence-electron chi connectivity index (χ4n) is 2.97. The van der Waals surface area contributed by atoms with Crippen LogP contribution in [0.25, 0.3) is 0 Å². The Morgan fingerprint density at radius 2 is 1.79 bits per heavy atom. The molecule has 0 unspecified atom stereocenters. The second-order valence-corrected chi connectivity index (χ2v) is 8.99. The third-order valence-corrected chi connectivity index (χ3v) is 5.81. The molecule has 0 aliphatic rings. The van der Waals surface area contributed by atoms with Gasteiger partial charge >= 0.3 is 0 Å². The molecule has 2 aromatic rings. The summed E-state index contributed by atoms with van der Waals surface area (Å²) >= 11 is 0. The number of anilines is 1. The number of rotatable bonds is 10. The van der Waals surface area contributed by atoms with Crippen molar-refractivity contribution in [2.24, 2.45) is 0 Å². The number of hydrogen-bond acceptors (Lipinski definition) is 4. The van der Waals surface area contributed by atoms with Crippen LogP contribution in [0.15, 0.2) is 42.5 Å². The molecule has 0 radical (unpaired) electrons. The minimum Gasteiger partial charge on any atom is -0.492 e. The lowest BCUT2D eigenvalue weighted by Gasteiger charge is -2.24. The molecule has 2 aromatic carbocycles. The van der Waals surface area contributed by atoms with Gasteiger partial charge < -0.3 is 10.1 Å². The first-order valence-corrected chi connectivity index (χ1v) is 11.6. The van der Waals surface area contributed by atoms with Gasteiger partial charge in [0.1, 0.15) is 18.9 Å². The summed E-state index contributed by atoms with van der Waals surface area (Å²) in [7, 11) is -3.59. The van der Waals surface area contributed by atoms with Crippen LogP contribution in [0.2, 0.25) is 0 Å². The highest BCUT2D eigenvalue weighted by Gasteiger charge is 2.22. The number of carbonyl (C=O) groups excluding carboxylic acids is 1. The molecule has 0 aliphatic heterocycles. The molecule has 0 atom stereocenters. The maximum absolute atomic E-state index is 12.3. The highest BCUT2D eigenvalue weighted by Crippen LogP contribution is 2.24. The van der Waals surface area contributed by atoms with Crippen LogP contribution >= 0.6 is 0 Å². The molecule has 0 spiro atoms. The van der Waals surface area contributed by atoms with Crippen LogP contribution in [-0.2, 0) is 21.2 Å². The van der Waals surface area contributed by atoms with E-state index in [9.17, 15) is 13.2 Å². The van der Waals surface area contributed by atoms with Gasteiger partial charge in [0, 0.05) is 0 Å². The summed E-state index contributed by atoms with van der Waals surface area (Å²) in [5.74, 6) is 0.366. The molecule has 1 amide bonds. The van der Waals surface area contributed by atoms with Gasteiger partial charge in [-0.15, -0.1) is 0 Å². The van der Waals surface area contributed by atoms with E-state index in [-0.39, 0.29) is 12.5 Å². The minimum absolute atomic E-state index is 0.269. The van der Waals surface area contributed by atoms with Gasteiger partial charge in [0.05, 0.1) is 18.5 Å². The lowest BCUT2D eigenvalue weighted by atomic mass is 10.1. The molecule has 29 heavy (non-hydrogen) atoms. The van der Waals surface area contributed by atoms with Crippen molar-refractivity contribution in [1.82, 2.24) is 5.32 Å². The van der Waals surface area contributed by atoms with Gasteiger partial charge in [0.25, 0.3) is 0 Å². The number of nitrogens with zero attached hydrogens (tertiary/aromatic N) is 1. The molecule has 0 aliphatic carbocycles. The van der Waals surface area contributed by atoms with Crippen LogP contribution in [0.1, 0.15) is 30.0 Å². The monoisotopic (exact) mass is 418 g/mol. The largest absolute Gasteiger partial charge is 0.492 e. The lowest BCUT2D eigenvalue weighted by Crippen LogP contribution is -2.41. The van der Waals surface area contributed by atoms with E-state index in [1.807, 2.05) is 44.2 Å². The normalized spacial score (nSPS) is 11.2. The topological polar surface area (TPSA) is 75.7 Å². The molecule has 6 nitrogen and oxygen atoms in total. The zero-order chi connectivity index (χ0) is 21.4. The van der Waals surface area contributed by atoms with Gasteiger partial charge in [0.2, 0.25) is 15.9 Å². The minimum atomic E-state index is -3.59. The number of sulfonamides is 1. The molecule has 2 rings (SSSR count). The van der Waals surface area contributed by atoms with Gasteiger partial charge in [-0.05, 0) is 55.2 Å². The summed E-state index contributed by atoms with van der Waals surface area (Å²) in [5.41, 5.74) is 3.59. The number of benzene rings is 2. The number of nitrogens with one attached hydrogen (secondary N) is 1. The number of amides is 1. The quantitative estimate of drug-likeness (QED) is 0.601. The fraction of sp³-hybridized carbons (Fsp3) is 0.409. The molecule has 0 fully saturated rings. The van der Waals surface area contributed by atoms with Gasteiger partial charge in [-0.2, -0.15) is 0 Å². The summed E-state index contributed by atoms with van der Waals surface area (Å²) in [6.45, 7) is 6.22. The Balaban J connectivity index is 1.89. The number of ether oxygens (including phenoxy) is 1. The Hall–Kier alpha value is -2.54. The number of hydrogen-bond donors (Lipinski definition) is 1. The molecular formula is C22H30N2O4S. The molecule has 7 heteroatoms. The van der Waals surface area contributed by atoms with Crippen molar-refractivity contribution in [3.63, 3.8) is 0 Å². The molecule has 0 saturated carbocycles. The molecule has 0 bridgehead atoms. The standard InChI is InChI=1S/C22H30N2O4S/c1-5-7-19-10-12-20(13-11-19)28-15-14-23-22(25)16-24(29(4,26)27)21-9-6-8-17(2)18(21)3/h6,8-13H,5,7,14-16H2,1-4H3,(H,23,25). The third kappa shape index (κ3) is 6.78. The SMILES string of the molecule is CCCc1ccc(OCCNC(=O)CN(c2cccc(C)c2C)S(C)(=O)=O)cc1. The first kappa shape index (κ1) is 22.7. The Morgan fingerprint density at radius 3 is 2.41 bits per heavy atom. The first-order chi connectivity index (χ1) is 13.7. The van der Waals surface area contributed by atoms with Crippen molar-refractivity contribution in [2.45, 2.75) is 33.6 Å². The molecule has 0 heterocycles. The zero-order valence-corrected chi connectivity index (χ0v) is 18.4. The van der Waals surface area contributed by atoms with Gasteiger partial charge in [-0.25, -0.2) is 8.42 Å². The molecule has 0 aromatic heterocycles. The predicted molar refractivity (Wildman–Crippen MR) is 117 cm³/mol. The second-order valence-electron chi connectivity index (χ2n) is 7.08. The maximum Gasteiger partial charge on any atom is 0.240 e. The average molecular weight is 419 g/mol. The van der Waals surface area contributed by atoms with Crippen LogP contribution in [0.5, 0.6) is 5.75 Å². The number of carbonyl (C=O) groups is 1. The predicted octanol–water partition coefficient (Wildman–Crippen LogP) is 3.22. The van der Waals surface area contributed by atoms with Crippen LogP contribution in [-0.4, -0.2) is 40.3 Å². The fourth-order valence-corrected chi connectivity index (χ4v) is 3.88. The van der Waals surface area contributed by atoms with Crippen LogP contribution in [0.3, 0.4) is 0 Å². The average Bonchev–Trinajstić information content (AvgIpc) is 2.66. The van der Waals surface area contributed by atoms with E-state index in [0.29, 0.717) is 18.8 Å². The summed E-state index contributed by atoms with van der Waals surface area (Å²) in [4.78, 5) is 12.3. The highest BCUT2D eigenvalue weighted by atomic mass is 32.2. The van der Waals surface area contributed by atoms with E-state index in [0.717, 1.165) is 40.3 Å². The Labute approximate surface area is 173 Å². The Morgan fingerprint density at radius 1 is 1.10 bits per heavy atom. The van der Waals surface area contributed by atoms with Crippen LogP contribution in [0, 0.1) is 13.8 Å². The van der Waals surface area contributed by atoms with Crippen molar-refractivity contribution in [1.29, 1.82) is 0 Å². The smallest absolute Gasteiger partial charge is 0.240 e. The number of aryl methyl sites for hydroxylation is 2. The van der Waals surface area contributed by atoms with Crippen molar-refractivity contribution < 1.29 is 17.9 Å². The van der Waals surface area contributed by atoms with E-state index in [2.05, 4.69) is 12.2 Å².